The highest BCUT2D eigenvalue weighted by Gasteiger charge is 2.47. The van der Waals surface area contributed by atoms with Crippen LogP contribution in [0.2, 0.25) is 5.02 Å². The molecule has 1 amide bonds. The molecule has 2 aliphatic rings. The molecule has 22 heavy (non-hydrogen) atoms. The van der Waals surface area contributed by atoms with Crippen molar-refractivity contribution < 1.29 is 4.79 Å². The molecule has 1 spiro atoms. The van der Waals surface area contributed by atoms with Crippen molar-refractivity contribution in [3.63, 3.8) is 0 Å². The normalized spacial score (nSPS) is 25.5. The summed E-state index contributed by atoms with van der Waals surface area (Å²) in [7, 11) is 0. The van der Waals surface area contributed by atoms with E-state index in [9.17, 15) is 4.79 Å². The number of nitrogens with zero attached hydrogens (tertiary/aromatic N) is 2. The van der Waals surface area contributed by atoms with Crippen LogP contribution < -0.4 is 0 Å². The van der Waals surface area contributed by atoms with Crippen molar-refractivity contribution in [1.29, 1.82) is 0 Å². The molecule has 1 aromatic rings. The van der Waals surface area contributed by atoms with Gasteiger partial charge in [0.1, 0.15) is 0 Å². The Morgan fingerprint density at radius 2 is 2.05 bits per heavy atom. The zero-order chi connectivity index (χ0) is 15.7. The molecule has 2 fully saturated rings. The van der Waals surface area contributed by atoms with Gasteiger partial charge < -0.3 is 4.90 Å². The summed E-state index contributed by atoms with van der Waals surface area (Å²) in [5.41, 5.74) is 1.36. The fraction of sp³-hybridized carbons (Fsp3) is 0.611. The predicted octanol–water partition coefficient (Wildman–Crippen LogP) is 3.56. The van der Waals surface area contributed by atoms with Crippen molar-refractivity contribution in [2.75, 3.05) is 19.6 Å². The maximum atomic E-state index is 12.3. The van der Waals surface area contributed by atoms with E-state index in [1.165, 1.54) is 18.4 Å². The Morgan fingerprint density at radius 1 is 1.27 bits per heavy atom. The van der Waals surface area contributed by atoms with Gasteiger partial charge in [-0.2, -0.15) is 0 Å². The Bertz CT molecular complexity index is 560. The van der Waals surface area contributed by atoms with Crippen LogP contribution in [-0.4, -0.2) is 40.9 Å². The number of rotatable bonds is 3. The zero-order valence-corrected chi connectivity index (χ0v) is 14.3. The Labute approximate surface area is 138 Å². The minimum Gasteiger partial charge on any atom is -0.341 e. The Morgan fingerprint density at radius 3 is 2.77 bits per heavy atom. The molecule has 1 aromatic carbocycles. The number of amides is 1. The van der Waals surface area contributed by atoms with Gasteiger partial charge in [-0.15, -0.1) is 0 Å². The maximum absolute atomic E-state index is 12.3. The SMILES string of the molecule is CC(C)C(=O)N1CCC2(CCCN2Cc2ccccc2Cl)C1. The summed E-state index contributed by atoms with van der Waals surface area (Å²) in [5, 5.41) is 0.845. The van der Waals surface area contributed by atoms with Crippen molar-refractivity contribution in [1.82, 2.24) is 9.80 Å². The second-order valence-corrected chi connectivity index (χ2v) is 7.41. The molecule has 1 unspecified atom stereocenters. The fourth-order valence-electron chi connectivity index (χ4n) is 3.95. The second-order valence-electron chi connectivity index (χ2n) is 7.01. The van der Waals surface area contributed by atoms with E-state index in [0.717, 1.165) is 37.6 Å². The van der Waals surface area contributed by atoms with Gasteiger partial charge in [-0.3, -0.25) is 9.69 Å². The number of hydrogen-bond acceptors (Lipinski definition) is 2. The number of hydrogen-bond donors (Lipinski definition) is 0. The van der Waals surface area contributed by atoms with Crippen LogP contribution in [0.3, 0.4) is 0 Å². The summed E-state index contributed by atoms with van der Waals surface area (Å²) in [4.78, 5) is 16.9. The third kappa shape index (κ3) is 2.89. The number of benzene rings is 1. The summed E-state index contributed by atoms with van der Waals surface area (Å²) in [6, 6.07) is 8.10. The fourth-order valence-corrected chi connectivity index (χ4v) is 4.14. The summed E-state index contributed by atoms with van der Waals surface area (Å²) in [6.07, 6.45) is 3.50. The first-order valence-electron chi connectivity index (χ1n) is 8.29. The largest absolute Gasteiger partial charge is 0.341 e. The molecule has 120 valence electrons. The van der Waals surface area contributed by atoms with E-state index in [4.69, 9.17) is 11.6 Å². The van der Waals surface area contributed by atoms with Crippen LogP contribution >= 0.6 is 11.6 Å². The van der Waals surface area contributed by atoms with E-state index >= 15 is 0 Å². The van der Waals surface area contributed by atoms with E-state index in [0.29, 0.717) is 5.91 Å². The van der Waals surface area contributed by atoms with E-state index in [1.54, 1.807) is 0 Å². The van der Waals surface area contributed by atoms with E-state index in [2.05, 4.69) is 15.9 Å². The molecule has 0 aliphatic carbocycles. The minimum absolute atomic E-state index is 0.0913. The third-order valence-electron chi connectivity index (χ3n) is 5.20. The number of likely N-dealkylation sites (tertiary alicyclic amines) is 2. The lowest BCUT2D eigenvalue weighted by Crippen LogP contribution is -2.46. The van der Waals surface area contributed by atoms with Crippen LogP contribution in [0.15, 0.2) is 24.3 Å². The first kappa shape index (κ1) is 15.8. The van der Waals surface area contributed by atoms with Gasteiger partial charge in [0.25, 0.3) is 0 Å². The highest BCUT2D eigenvalue weighted by Crippen LogP contribution is 2.39. The average molecular weight is 321 g/mol. The molecule has 2 aliphatic heterocycles. The average Bonchev–Trinajstić information content (AvgIpc) is 3.09. The van der Waals surface area contributed by atoms with Crippen molar-refractivity contribution in [3.05, 3.63) is 34.9 Å². The number of halogens is 1. The van der Waals surface area contributed by atoms with Crippen molar-refractivity contribution in [2.45, 2.75) is 45.2 Å². The molecule has 2 heterocycles. The van der Waals surface area contributed by atoms with Gasteiger partial charge in [-0.25, -0.2) is 0 Å². The molecule has 0 saturated carbocycles. The molecule has 0 radical (unpaired) electrons. The Hall–Kier alpha value is -1.06. The molecule has 0 N–H and O–H groups in total. The molecular weight excluding hydrogens is 296 g/mol. The monoisotopic (exact) mass is 320 g/mol. The van der Waals surface area contributed by atoms with Crippen LogP contribution in [0.4, 0.5) is 0 Å². The lowest BCUT2D eigenvalue weighted by atomic mass is 9.94. The highest BCUT2D eigenvalue weighted by molar-refractivity contribution is 6.31. The standard InChI is InChI=1S/C18H25ClN2O/c1-14(2)17(22)20-11-9-18(13-20)8-5-10-21(18)12-15-6-3-4-7-16(15)19/h3-4,6-7,14H,5,8-13H2,1-2H3. The van der Waals surface area contributed by atoms with Crippen molar-refractivity contribution in [2.24, 2.45) is 5.92 Å². The molecule has 3 nitrogen and oxygen atoms in total. The summed E-state index contributed by atoms with van der Waals surface area (Å²) in [6.45, 7) is 7.76. The number of carbonyl (C=O) groups excluding carboxylic acids is 1. The molecule has 0 aromatic heterocycles. The Kier molecular flexibility index (Phi) is 4.47. The van der Waals surface area contributed by atoms with Gasteiger partial charge in [0, 0.05) is 36.1 Å². The Balaban J connectivity index is 1.74. The van der Waals surface area contributed by atoms with Gasteiger partial charge >= 0.3 is 0 Å². The van der Waals surface area contributed by atoms with Crippen molar-refractivity contribution in [3.8, 4) is 0 Å². The highest BCUT2D eigenvalue weighted by atomic mass is 35.5. The van der Waals surface area contributed by atoms with Gasteiger partial charge in [0.2, 0.25) is 5.91 Å². The van der Waals surface area contributed by atoms with Gasteiger partial charge in [0.05, 0.1) is 0 Å². The first-order chi connectivity index (χ1) is 10.5. The summed E-state index contributed by atoms with van der Waals surface area (Å²) >= 11 is 6.33. The molecular formula is C18H25ClN2O. The molecule has 3 rings (SSSR count). The molecule has 4 heteroatoms. The quantitative estimate of drug-likeness (QED) is 0.850. The van der Waals surface area contributed by atoms with E-state index < -0.39 is 0 Å². The van der Waals surface area contributed by atoms with Crippen LogP contribution in [0.25, 0.3) is 0 Å². The van der Waals surface area contributed by atoms with Crippen molar-refractivity contribution >= 4 is 17.5 Å². The second kappa shape index (κ2) is 6.21. The van der Waals surface area contributed by atoms with E-state index in [-0.39, 0.29) is 11.5 Å². The number of carbonyl (C=O) groups is 1. The van der Waals surface area contributed by atoms with Crippen LogP contribution in [0.1, 0.15) is 38.7 Å². The third-order valence-corrected chi connectivity index (χ3v) is 5.57. The molecule has 1 atom stereocenters. The lowest BCUT2D eigenvalue weighted by Gasteiger charge is -2.35. The smallest absolute Gasteiger partial charge is 0.225 e. The predicted molar refractivity (Wildman–Crippen MR) is 89.9 cm³/mol. The van der Waals surface area contributed by atoms with Crippen LogP contribution in [0, 0.1) is 5.92 Å². The minimum atomic E-state index is 0.0913. The van der Waals surface area contributed by atoms with Gasteiger partial charge in [-0.05, 0) is 37.4 Å². The molecule has 2 saturated heterocycles. The van der Waals surface area contributed by atoms with Crippen LogP contribution in [0.5, 0.6) is 0 Å². The summed E-state index contributed by atoms with van der Waals surface area (Å²) < 4.78 is 0. The maximum Gasteiger partial charge on any atom is 0.225 e. The topological polar surface area (TPSA) is 23.6 Å². The molecule has 0 bridgehead atoms. The van der Waals surface area contributed by atoms with Gasteiger partial charge in [0.15, 0.2) is 0 Å². The first-order valence-corrected chi connectivity index (χ1v) is 8.67. The van der Waals surface area contributed by atoms with Gasteiger partial charge in [-0.1, -0.05) is 43.6 Å². The van der Waals surface area contributed by atoms with E-state index in [1.807, 2.05) is 32.0 Å². The summed E-state index contributed by atoms with van der Waals surface area (Å²) in [5.74, 6) is 0.384. The zero-order valence-electron chi connectivity index (χ0n) is 13.5. The lowest BCUT2D eigenvalue weighted by molar-refractivity contribution is -0.133. The van der Waals surface area contributed by atoms with Crippen LogP contribution in [-0.2, 0) is 11.3 Å².